The van der Waals surface area contributed by atoms with Gasteiger partial charge in [0.2, 0.25) is 17.7 Å². The van der Waals surface area contributed by atoms with E-state index < -0.39 is 17.3 Å². The average Bonchev–Trinajstić information content (AvgIpc) is 3.03. The van der Waals surface area contributed by atoms with Crippen LogP contribution in [-0.2, 0) is 14.4 Å². The van der Waals surface area contributed by atoms with Gasteiger partial charge in [0, 0.05) is 5.69 Å². The molecule has 4 atom stereocenters. The van der Waals surface area contributed by atoms with Crippen molar-refractivity contribution in [1.29, 1.82) is 0 Å². The fourth-order valence-electron chi connectivity index (χ4n) is 5.03. The second-order valence-corrected chi connectivity index (χ2v) is 7.77. The van der Waals surface area contributed by atoms with E-state index in [9.17, 15) is 14.4 Å². The second-order valence-electron chi connectivity index (χ2n) is 7.77. The largest absolute Gasteiger partial charge is 0.325 e. The van der Waals surface area contributed by atoms with E-state index in [-0.39, 0.29) is 23.6 Å². The van der Waals surface area contributed by atoms with Crippen molar-refractivity contribution in [2.24, 2.45) is 23.2 Å². The maximum Gasteiger partial charge on any atom is 0.239 e. The third-order valence-electron chi connectivity index (χ3n) is 6.37. The number of carbonyl (C=O) groups excluding carboxylic acids is 3. The van der Waals surface area contributed by atoms with E-state index >= 15 is 0 Å². The number of fused-ring (bicyclic) bond motifs is 1. The van der Waals surface area contributed by atoms with Gasteiger partial charge in [0.1, 0.15) is 0 Å². The van der Waals surface area contributed by atoms with Gasteiger partial charge in [0.15, 0.2) is 0 Å². The summed E-state index contributed by atoms with van der Waals surface area (Å²) in [6, 6.07) is 18.2. The van der Waals surface area contributed by atoms with E-state index in [0.29, 0.717) is 17.8 Å². The first kappa shape index (κ1) is 16.9. The number of nitrogens with one attached hydrogen (secondary N) is 1. The number of benzene rings is 2. The smallest absolute Gasteiger partial charge is 0.239 e. The van der Waals surface area contributed by atoms with Crippen molar-refractivity contribution in [3.63, 3.8) is 0 Å². The summed E-state index contributed by atoms with van der Waals surface area (Å²) in [5, 5.41) is 2.96. The normalized spacial score (nSPS) is 30.4. The number of carbonyl (C=O) groups is 3. The average molecular weight is 372 g/mol. The Morgan fingerprint density at radius 1 is 0.964 bits per heavy atom. The Kier molecular flexibility index (Phi) is 3.72. The Hall–Kier alpha value is -3.21. The summed E-state index contributed by atoms with van der Waals surface area (Å²) in [4.78, 5) is 41.2. The van der Waals surface area contributed by atoms with Crippen molar-refractivity contribution in [1.82, 2.24) is 0 Å². The van der Waals surface area contributed by atoms with Crippen LogP contribution in [0, 0.1) is 23.2 Å². The van der Waals surface area contributed by atoms with Gasteiger partial charge in [-0.2, -0.15) is 0 Å². The summed E-state index contributed by atoms with van der Waals surface area (Å²) in [6.45, 7) is 0. The molecular formula is C23H20N2O3. The minimum absolute atomic E-state index is 0.0153. The highest BCUT2D eigenvalue weighted by molar-refractivity contribution is 6.24. The number of rotatable bonds is 3. The molecule has 3 aliphatic carbocycles. The van der Waals surface area contributed by atoms with Crippen LogP contribution >= 0.6 is 0 Å². The number of amides is 3. The van der Waals surface area contributed by atoms with E-state index in [1.165, 1.54) is 4.90 Å². The van der Waals surface area contributed by atoms with E-state index in [1.54, 1.807) is 12.1 Å². The summed E-state index contributed by atoms with van der Waals surface area (Å²) in [6.07, 6.45) is 5.16. The molecule has 1 aliphatic heterocycles. The van der Waals surface area contributed by atoms with Crippen molar-refractivity contribution in [3.05, 3.63) is 72.8 Å². The van der Waals surface area contributed by atoms with Gasteiger partial charge in [0.25, 0.3) is 0 Å². The van der Waals surface area contributed by atoms with E-state index in [4.69, 9.17) is 0 Å². The molecule has 1 saturated heterocycles. The summed E-state index contributed by atoms with van der Waals surface area (Å²) < 4.78 is 0. The predicted molar refractivity (Wildman–Crippen MR) is 105 cm³/mol. The van der Waals surface area contributed by atoms with Crippen LogP contribution in [-0.4, -0.2) is 17.7 Å². The third-order valence-corrected chi connectivity index (χ3v) is 6.37. The van der Waals surface area contributed by atoms with Crippen molar-refractivity contribution >= 4 is 29.1 Å². The Morgan fingerprint density at radius 2 is 1.64 bits per heavy atom. The summed E-state index contributed by atoms with van der Waals surface area (Å²) in [5.74, 6) is -1.76. The second kappa shape index (κ2) is 6.16. The van der Waals surface area contributed by atoms with Crippen LogP contribution in [0.2, 0.25) is 0 Å². The molecule has 6 rings (SSSR count). The quantitative estimate of drug-likeness (QED) is 0.663. The van der Waals surface area contributed by atoms with Crippen LogP contribution in [0.15, 0.2) is 72.8 Å². The predicted octanol–water partition coefficient (Wildman–Crippen LogP) is 3.40. The van der Waals surface area contributed by atoms with Crippen LogP contribution < -0.4 is 10.2 Å². The molecule has 28 heavy (non-hydrogen) atoms. The molecule has 2 aromatic rings. The van der Waals surface area contributed by atoms with Gasteiger partial charge in [-0.25, -0.2) is 4.90 Å². The van der Waals surface area contributed by atoms with E-state index in [2.05, 4.69) is 5.32 Å². The fourth-order valence-corrected chi connectivity index (χ4v) is 5.03. The molecule has 0 unspecified atom stereocenters. The highest BCUT2D eigenvalue weighted by Gasteiger charge is 2.65. The molecule has 1 saturated carbocycles. The van der Waals surface area contributed by atoms with E-state index in [1.807, 2.05) is 60.7 Å². The maximum atomic E-state index is 13.4. The first-order valence-electron chi connectivity index (χ1n) is 9.60. The number of nitrogens with zero attached hydrogens (tertiary/aromatic N) is 1. The Morgan fingerprint density at radius 3 is 2.29 bits per heavy atom. The molecule has 4 aliphatic rings. The van der Waals surface area contributed by atoms with Gasteiger partial charge in [0.05, 0.1) is 22.9 Å². The third kappa shape index (κ3) is 2.29. The zero-order chi connectivity index (χ0) is 19.3. The SMILES string of the molecule is O=C1[C@H]2[C@@H](C(=O)N1c1ccccc1)[C@@]1(C(=O)Nc3ccccc3)C=C[C@H]2CC1. The van der Waals surface area contributed by atoms with Gasteiger partial charge < -0.3 is 5.32 Å². The fraction of sp³-hybridized carbons (Fsp3) is 0.261. The first-order valence-corrected chi connectivity index (χ1v) is 9.60. The molecule has 2 aromatic carbocycles. The topological polar surface area (TPSA) is 66.5 Å². The summed E-state index contributed by atoms with van der Waals surface area (Å²) in [5.41, 5.74) is 0.284. The molecule has 1 N–H and O–H groups in total. The molecular weight excluding hydrogens is 352 g/mol. The zero-order valence-corrected chi connectivity index (χ0v) is 15.2. The lowest BCUT2D eigenvalue weighted by Crippen LogP contribution is -2.53. The Bertz CT molecular complexity index is 985. The van der Waals surface area contributed by atoms with Gasteiger partial charge in [-0.1, -0.05) is 48.6 Å². The summed E-state index contributed by atoms with van der Waals surface area (Å²) >= 11 is 0. The number of allylic oxidation sites excluding steroid dienone is 1. The molecule has 5 heteroatoms. The molecule has 0 radical (unpaired) electrons. The number of imide groups is 1. The number of para-hydroxylation sites is 2. The monoisotopic (exact) mass is 372 g/mol. The van der Waals surface area contributed by atoms with Crippen LogP contribution in [0.5, 0.6) is 0 Å². The van der Waals surface area contributed by atoms with Crippen molar-refractivity contribution in [2.75, 3.05) is 10.2 Å². The van der Waals surface area contributed by atoms with Gasteiger partial charge in [-0.3, -0.25) is 14.4 Å². The van der Waals surface area contributed by atoms with Crippen molar-refractivity contribution in [3.8, 4) is 0 Å². The standard InChI is InChI=1S/C23H20N2O3/c26-20-18-15-11-13-23(14-12-15,22(28)24-16-7-3-1-4-8-16)19(18)21(27)25(20)17-9-5-2-6-10-17/h1-11,13,15,18-19H,12,14H2,(H,24,28)/t15-,18+,19-,23+/m0/s1. The molecule has 0 spiro atoms. The highest BCUT2D eigenvalue weighted by atomic mass is 16.2. The molecule has 1 heterocycles. The summed E-state index contributed by atoms with van der Waals surface area (Å²) in [7, 11) is 0. The highest BCUT2D eigenvalue weighted by Crippen LogP contribution is 2.57. The maximum absolute atomic E-state index is 13.4. The molecule has 0 aromatic heterocycles. The Labute approximate surface area is 163 Å². The minimum Gasteiger partial charge on any atom is -0.325 e. The lowest BCUT2D eigenvalue weighted by molar-refractivity contribution is -0.140. The number of anilines is 2. The number of hydrogen-bond acceptors (Lipinski definition) is 3. The number of hydrogen-bond donors (Lipinski definition) is 1. The van der Waals surface area contributed by atoms with Crippen LogP contribution in [0.4, 0.5) is 11.4 Å². The van der Waals surface area contributed by atoms with Gasteiger partial charge in [-0.05, 0) is 43.0 Å². The minimum atomic E-state index is -0.981. The van der Waals surface area contributed by atoms with Crippen LogP contribution in [0.1, 0.15) is 12.8 Å². The van der Waals surface area contributed by atoms with Gasteiger partial charge >= 0.3 is 0 Å². The zero-order valence-electron chi connectivity index (χ0n) is 15.2. The molecule has 5 nitrogen and oxygen atoms in total. The van der Waals surface area contributed by atoms with Crippen molar-refractivity contribution in [2.45, 2.75) is 12.8 Å². The lowest BCUT2D eigenvalue weighted by Gasteiger charge is -2.46. The first-order chi connectivity index (χ1) is 13.6. The van der Waals surface area contributed by atoms with E-state index in [0.717, 1.165) is 6.42 Å². The molecule has 2 fully saturated rings. The van der Waals surface area contributed by atoms with Gasteiger partial charge in [-0.15, -0.1) is 0 Å². The lowest BCUT2D eigenvalue weighted by atomic mass is 9.54. The molecule has 3 amide bonds. The van der Waals surface area contributed by atoms with Crippen molar-refractivity contribution < 1.29 is 14.4 Å². The van der Waals surface area contributed by atoms with Crippen LogP contribution in [0.25, 0.3) is 0 Å². The molecule has 140 valence electrons. The Balaban J connectivity index is 1.54. The van der Waals surface area contributed by atoms with Crippen LogP contribution in [0.3, 0.4) is 0 Å². The molecule has 2 bridgehead atoms.